The van der Waals surface area contributed by atoms with Crippen molar-refractivity contribution in [1.29, 1.82) is 0 Å². The number of thiazole rings is 1. The van der Waals surface area contributed by atoms with Gasteiger partial charge in [-0.2, -0.15) is 0 Å². The zero-order valence-electron chi connectivity index (χ0n) is 16.0. The van der Waals surface area contributed by atoms with Gasteiger partial charge in [0.1, 0.15) is 5.75 Å². The lowest BCUT2D eigenvalue weighted by atomic mass is 10.1. The van der Waals surface area contributed by atoms with E-state index in [1.807, 2.05) is 6.92 Å². The van der Waals surface area contributed by atoms with E-state index in [2.05, 4.69) is 58.0 Å². The molecule has 0 unspecified atom stereocenters. The molecule has 2 rings (SSSR count). The van der Waals surface area contributed by atoms with Gasteiger partial charge in [-0.1, -0.05) is 12.1 Å². The van der Waals surface area contributed by atoms with Crippen LogP contribution in [0.25, 0.3) is 0 Å². The van der Waals surface area contributed by atoms with Crippen LogP contribution in [0.3, 0.4) is 0 Å². The molecule has 1 aromatic heterocycles. The van der Waals surface area contributed by atoms with Crippen molar-refractivity contribution in [3.05, 3.63) is 45.4 Å². The molecule has 1 heterocycles. The lowest BCUT2D eigenvalue weighted by Gasteiger charge is -2.12. The molecule has 0 amide bonds. The maximum absolute atomic E-state index is 5.39. The second-order valence-corrected chi connectivity index (χ2v) is 6.91. The fourth-order valence-electron chi connectivity index (χ4n) is 2.49. The zero-order valence-corrected chi connectivity index (χ0v) is 19.1. The first-order valence-electron chi connectivity index (χ1n) is 8.69. The average Bonchev–Trinajstić information content (AvgIpc) is 3.01. The van der Waals surface area contributed by atoms with Gasteiger partial charge < -0.3 is 15.4 Å². The first-order chi connectivity index (χ1) is 12.1. The Morgan fingerprint density at radius 3 is 2.69 bits per heavy atom. The highest BCUT2D eigenvalue weighted by Crippen LogP contribution is 2.19. The molecule has 0 saturated carbocycles. The molecule has 2 N–H and O–H groups in total. The van der Waals surface area contributed by atoms with Gasteiger partial charge in [-0.15, -0.1) is 35.3 Å². The summed E-state index contributed by atoms with van der Waals surface area (Å²) in [6, 6.07) is 6.35. The van der Waals surface area contributed by atoms with Crippen molar-refractivity contribution in [2.45, 2.75) is 33.6 Å². The van der Waals surface area contributed by atoms with E-state index in [0.717, 1.165) is 60.4 Å². The fourth-order valence-corrected chi connectivity index (χ4v) is 3.14. The van der Waals surface area contributed by atoms with Gasteiger partial charge in [0.25, 0.3) is 0 Å². The van der Waals surface area contributed by atoms with Gasteiger partial charge in [0.2, 0.25) is 0 Å². The number of halogens is 1. The van der Waals surface area contributed by atoms with E-state index in [9.17, 15) is 0 Å². The monoisotopic (exact) mass is 488 g/mol. The minimum atomic E-state index is 0. The van der Waals surface area contributed by atoms with Crippen molar-refractivity contribution >= 4 is 41.3 Å². The third kappa shape index (κ3) is 7.49. The smallest absolute Gasteiger partial charge is 0.191 e. The van der Waals surface area contributed by atoms with Gasteiger partial charge in [-0.3, -0.25) is 4.99 Å². The van der Waals surface area contributed by atoms with E-state index >= 15 is 0 Å². The summed E-state index contributed by atoms with van der Waals surface area (Å²) >= 11 is 1.69. The number of nitrogens with zero attached hydrogens (tertiary/aromatic N) is 2. The Bertz CT molecular complexity index is 703. The molecule has 0 fully saturated rings. The molecule has 26 heavy (non-hydrogen) atoms. The Morgan fingerprint density at radius 1 is 1.23 bits per heavy atom. The van der Waals surface area contributed by atoms with Crippen LogP contribution < -0.4 is 15.4 Å². The van der Waals surface area contributed by atoms with Crippen LogP contribution in [-0.2, 0) is 12.8 Å². The third-order valence-electron chi connectivity index (χ3n) is 3.83. The molecular weight excluding hydrogens is 459 g/mol. The summed E-state index contributed by atoms with van der Waals surface area (Å²) in [5, 5.41) is 9.90. The summed E-state index contributed by atoms with van der Waals surface area (Å²) in [7, 11) is 1.71. The Morgan fingerprint density at radius 2 is 2.04 bits per heavy atom. The van der Waals surface area contributed by atoms with E-state index in [1.54, 1.807) is 18.4 Å². The summed E-state index contributed by atoms with van der Waals surface area (Å²) in [5.74, 6) is 1.80. The van der Waals surface area contributed by atoms with Crippen LogP contribution in [0.1, 0.15) is 28.8 Å². The predicted molar refractivity (Wildman–Crippen MR) is 121 cm³/mol. The average molecular weight is 488 g/mol. The number of ether oxygens (including phenoxy) is 1. The number of rotatable bonds is 8. The van der Waals surface area contributed by atoms with Crippen LogP contribution in [0, 0.1) is 13.8 Å². The number of nitrogens with one attached hydrogen (secondary N) is 2. The molecule has 0 bridgehead atoms. The van der Waals surface area contributed by atoms with Gasteiger partial charge in [-0.25, -0.2) is 4.98 Å². The van der Waals surface area contributed by atoms with E-state index < -0.39 is 0 Å². The standard InChI is InChI=1S/C19H28N4OS.HI/c1-5-20-19(22-11-9-17-13-25-15(3)23-17)21-10-8-16-7-6-14(2)18(12-16)24-4;/h6-7,12-13H,5,8-11H2,1-4H3,(H2,20,21,22);1H. The van der Waals surface area contributed by atoms with Gasteiger partial charge in [0, 0.05) is 31.4 Å². The number of methoxy groups -OCH3 is 1. The lowest BCUT2D eigenvalue weighted by Crippen LogP contribution is -2.38. The quantitative estimate of drug-likeness (QED) is 0.338. The molecule has 0 atom stereocenters. The molecular formula is C19H29IN4OS. The minimum absolute atomic E-state index is 0. The second kappa shape index (κ2) is 12.1. The van der Waals surface area contributed by atoms with Gasteiger partial charge in [0.05, 0.1) is 17.8 Å². The van der Waals surface area contributed by atoms with E-state index in [4.69, 9.17) is 4.74 Å². The molecule has 2 aromatic rings. The van der Waals surface area contributed by atoms with E-state index in [0.29, 0.717) is 0 Å². The highest BCUT2D eigenvalue weighted by Gasteiger charge is 2.02. The molecule has 0 spiro atoms. The van der Waals surface area contributed by atoms with Crippen molar-refractivity contribution in [3.8, 4) is 5.75 Å². The summed E-state index contributed by atoms with van der Waals surface area (Å²) < 4.78 is 5.39. The maximum Gasteiger partial charge on any atom is 0.191 e. The molecule has 1 aromatic carbocycles. The Hall–Kier alpha value is -1.35. The number of hydrogen-bond donors (Lipinski definition) is 2. The van der Waals surface area contributed by atoms with E-state index in [1.165, 1.54) is 5.56 Å². The van der Waals surface area contributed by atoms with Crippen molar-refractivity contribution in [3.63, 3.8) is 0 Å². The first-order valence-corrected chi connectivity index (χ1v) is 9.57. The Kier molecular flexibility index (Phi) is 10.6. The first kappa shape index (κ1) is 22.7. The van der Waals surface area contributed by atoms with Crippen LogP contribution in [0.5, 0.6) is 5.75 Å². The van der Waals surface area contributed by atoms with Crippen molar-refractivity contribution in [2.75, 3.05) is 26.7 Å². The van der Waals surface area contributed by atoms with E-state index in [-0.39, 0.29) is 24.0 Å². The minimum Gasteiger partial charge on any atom is -0.496 e. The maximum atomic E-state index is 5.39. The molecule has 5 nitrogen and oxygen atoms in total. The highest BCUT2D eigenvalue weighted by molar-refractivity contribution is 14.0. The molecule has 7 heteroatoms. The number of hydrogen-bond acceptors (Lipinski definition) is 4. The van der Waals surface area contributed by atoms with Gasteiger partial charge in [-0.05, 0) is 44.4 Å². The van der Waals surface area contributed by atoms with Crippen molar-refractivity contribution < 1.29 is 4.74 Å². The largest absolute Gasteiger partial charge is 0.496 e. The summed E-state index contributed by atoms with van der Waals surface area (Å²) in [6.07, 6.45) is 1.79. The molecule has 0 aliphatic heterocycles. The highest BCUT2D eigenvalue weighted by atomic mass is 127. The van der Waals surface area contributed by atoms with Gasteiger partial charge in [0.15, 0.2) is 5.96 Å². The zero-order chi connectivity index (χ0) is 18.1. The SMILES string of the molecule is CCNC(=NCCc1csc(C)n1)NCCc1ccc(C)c(OC)c1.I. The normalized spacial score (nSPS) is 11.0. The summed E-state index contributed by atoms with van der Waals surface area (Å²) in [6.45, 7) is 8.57. The molecule has 0 radical (unpaired) electrons. The molecule has 0 aliphatic rings. The van der Waals surface area contributed by atoms with Crippen LogP contribution in [-0.4, -0.2) is 37.7 Å². The van der Waals surface area contributed by atoms with Gasteiger partial charge >= 0.3 is 0 Å². The summed E-state index contributed by atoms with van der Waals surface area (Å²) in [5.41, 5.74) is 3.53. The Balaban J connectivity index is 0.00000338. The second-order valence-electron chi connectivity index (χ2n) is 5.85. The predicted octanol–water partition coefficient (Wildman–Crippen LogP) is 3.73. The van der Waals surface area contributed by atoms with Crippen LogP contribution in [0.2, 0.25) is 0 Å². The number of benzene rings is 1. The number of aromatic nitrogens is 1. The third-order valence-corrected chi connectivity index (χ3v) is 4.65. The topological polar surface area (TPSA) is 58.5 Å². The van der Waals surface area contributed by atoms with Crippen molar-refractivity contribution in [2.24, 2.45) is 4.99 Å². The number of guanidine groups is 1. The fraction of sp³-hybridized carbons (Fsp3) is 0.474. The number of aryl methyl sites for hydroxylation is 2. The Labute approximate surface area is 177 Å². The van der Waals surface area contributed by atoms with Crippen LogP contribution in [0.15, 0.2) is 28.6 Å². The lowest BCUT2D eigenvalue weighted by molar-refractivity contribution is 0.411. The molecule has 0 aliphatic carbocycles. The number of aliphatic imine (C=N–C) groups is 1. The van der Waals surface area contributed by atoms with Crippen LogP contribution >= 0.6 is 35.3 Å². The van der Waals surface area contributed by atoms with Crippen molar-refractivity contribution in [1.82, 2.24) is 15.6 Å². The van der Waals surface area contributed by atoms with Crippen LogP contribution in [0.4, 0.5) is 0 Å². The molecule has 0 saturated heterocycles. The molecule has 144 valence electrons. The summed E-state index contributed by atoms with van der Waals surface area (Å²) in [4.78, 5) is 9.11.